The Balaban J connectivity index is 1.62. The van der Waals surface area contributed by atoms with Gasteiger partial charge in [0.2, 0.25) is 0 Å². The summed E-state index contributed by atoms with van der Waals surface area (Å²) in [5.74, 6) is -0.458. The molecule has 3 heterocycles. The number of H-pyrrole nitrogens is 1. The molecule has 194 valence electrons. The van der Waals surface area contributed by atoms with Crippen molar-refractivity contribution in [3.8, 4) is 11.3 Å². The molecule has 5 aromatic rings. The van der Waals surface area contributed by atoms with Crippen LogP contribution in [0.15, 0.2) is 99.9 Å². The Morgan fingerprint density at radius 3 is 2.46 bits per heavy atom. The number of esters is 1. The molecule has 0 aliphatic carbocycles. The van der Waals surface area contributed by atoms with Gasteiger partial charge in [0, 0.05) is 16.5 Å². The van der Waals surface area contributed by atoms with Crippen molar-refractivity contribution < 1.29 is 9.53 Å². The molecule has 39 heavy (non-hydrogen) atoms. The number of allylic oxidation sites excluding steroid dienone is 1. The molecule has 3 aromatic carbocycles. The van der Waals surface area contributed by atoms with Crippen LogP contribution >= 0.6 is 11.3 Å². The van der Waals surface area contributed by atoms with E-state index < -0.39 is 12.0 Å². The predicted octanol–water partition coefficient (Wildman–Crippen LogP) is 5.26. The number of nitrogens with zero attached hydrogens (tertiary/aromatic N) is 2. The molecule has 1 aliphatic rings. The Labute approximate surface area is 229 Å². The van der Waals surface area contributed by atoms with Gasteiger partial charge in [-0.05, 0) is 43.5 Å². The van der Waals surface area contributed by atoms with E-state index in [2.05, 4.69) is 36.2 Å². The number of hydrogen-bond donors (Lipinski definition) is 1. The maximum Gasteiger partial charge on any atom is 0.338 e. The lowest BCUT2D eigenvalue weighted by Gasteiger charge is -2.24. The molecule has 6 nitrogen and oxygen atoms in total. The van der Waals surface area contributed by atoms with Crippen molar-refractivity contribution in [2.45, 2.75) is 26.8 Å². The van der Waals surface area contributed by atoms with Gasteiger partial charge < -0.3 is 9.72 Å². The molecular formula is C32H27N3O3S. The minimum atomic E-state index is -0.623. The van der Waals surface area contributed by atoms with E-state index in [1.165, 1.54) is 11.3 Å². The first-order valence-electron chi connectivity index (χ1n) is 12.9. The van der Waals surface area contributed by atoms with Crippen LogP contribution in [0.4, 0.5) is 0 Å². The second-order valence-electron chi connectivity index (χ2n) is 9.49. The number of aromatic amines is 1. The third-order valence-corrected chi connectivity index (χ3v) is 8.04. The maximum absolute atomic E-state index is 14.1. The largest absolute Gasteiger partial charge is 0.463 e. The number of fused-ring (bicyclic) bond motifs is 2. The number of carbonyl (C=O) groups excluding carboxylic acids is 1. The normalized spacial score (nSPS) is 15.4. The fourth-order valence-electron chi connectivity index (χ4n) is 5.24. The van der Waals surface area contributed by atoms with Crippen LogP contribution in [0.2, 0.25) is 0 Å². The zero-order valence-electron chi connectivity index (χ0n) is 21.9. The van der Waals surface area contributed by atoms with Crippen molar-refractivity contribution in [2.75, 3.05) is 6.61 Å². The molecular weight excluding hydrogens is 506 g/mol. The van der Waals surface area contributed by atoms with E-state index in [1.54, 1.807) is 18.4 Å². The first kappa shape index (κ1) is 24.8. The van der Waals surface area contributed by atoms with E-state index in [0.717, 1.165) is 38.9 Å². The quantitative estimate of drug-likeness (QED) is 0.313. The van der Waals surface area contributed by atoms with Crippen LogP contribution in [0.3, 0.4) is 0 Å². The summed E-state index contributed by atoms with van der Waals surface area (Å²) in [7, 11) is 0. The van der Waals surface area contributed by atoms with E-state index in [9.17, 15) is 9.59 Å². The highest BCUT2D eigenvalue weighted by Crippen LogP contribution is 2.33. The van der Waals surface area contributed by atoms with Crippen molar-refractivity contribution in [1.29, 1.82) is 0 Å². The van der Waals surface area contributed by atoms with Crippen LogP contribution in [0.1, 0.15) is 36.6 Å². The third kappa shape index (κ3) is 4.25. The zero-order valence-corrected chi connectivity index (χ0v) is 22.7. The number of aryl methyl sites for hydroxylation is 1. The zero-order chi connectivity index (χ0) is 27.1. The minimum Gasteiger partial charge on any atom is -0.463 e. The Hall–Kier alpha value is -4.49. The Bertz CT molecular complexity index is 1930. The first-order valence-corrected chi connectivity index (χ1v) is 13.7. The smallest absolute Gasteiger partial charge is 0.338 e. The van der Waals surface area contributed by atoms with E-state index in [-0.39, 0.29) is 12.2 Å². The number of para-hydroxylation sites is 1. The average Bonchev–Trinajstić information content (AvgIpc) is 3.47. The van der Waals surface area contributed by atoms with Gasteiger partial charge in [-0.3, -0.25) is 9.36 Å². The van der Waals surface area contributed by atoms with Crippen LogP contribution in [0.5, 0.6) is 0 Å². The fraction of sp³-hybridized carbons (Fsp3) is 0.156. The highest BCUT2D eigenvalue weighted by molar-refractivity contribution is 7.07. The topological polar surface area (TPSA) is 76.4 Å². The Morgan fingerprint density at radius 2 is 1.74 bits per heavy atom. The van der Waals surface area contributed by atoms with E-state index in [1.807, 2.05) is 60.7 Å². The van der Waals surface area contributed by atoms with Gasteiger partial charge in [-0.15, -0.1) is 0 Å². The van der Waals surface area contributed by atoms with Crippen LogP contribution in [0.25, 0.3) is 28.2 Å². The lowest BCUT2D eigenvalue weighted by Crippen LogP contribution is -2.39. The number of nitrogens with one attached hydrogen (secondary N) is 1. The second kappa shape index (κ2) is 10.0. The van der Waals surface area contributed by atoms with Crippen molar-refractivity contribution in [3.05, 3.63) is 127 Å². The monoisotopic (exact) mass is 533 g/mol. The summed E-state index contributed by atoms with van der Waals surface area (Å²) in [5, 5.41) is 1.04. The van der Waals surface area contributed by atoms with Crippen LogP contribution in [-0.4, -0.2) is 22.1 Å². The van der Waals surface area contributed by atoms with Gasteiger partial charge in [0.05, 0.1) is 34.1 Å². The molecule has 1 atom stereocenters. The number of hydrogen-bond acceptors (Lipinski definition) is 5. The van der Waals surface area contributed by atoms with Gasteiger partial charge in [-0.25, -0.2) is 9.79 Å². The standard InChI is InChI=1S/C32H27N3O3S/c1-4-38-31(37)26-20(3)33-32-35(29(26)22-15-9-6-10-16-22)30(36)25(39-32)18-24-23-17-11-12-19(2)27(23)34-28(24)21-13-7-5-8-14-21/h5-18,29,34H,4H2,1-3H3/b25-18+/t29-/m1/s1. The summed E-state index contributed by atoms with van der Waals surface area (Å²) in [4.78, 5) is 36.1. The highest BCUT2D eigenvalue weighted by Gasteiger charge is 2.33. The average molecular weight is 534 g/mol. The Morgan fingerprint density at radius 1 is 1.03 bits per heavy atom. The van der Waals surface area contributed by atoms with E-state index in [0.29, 0.717) is 20.6 Å². The first-order chi connectivity index (χ1) is 19.0. The molecule has 0 saturated heterocycles. The molecule has 0 amide bonds. The molecule has 0 bridgehead atoms. The summed E-state index contributed by atoms with van der Waals surface area (Å²) >= 11 is 1.33. The SMILES string of the molecule is CCOC(=O)C1=C(C)N=c2s/c(=C/c3c(-c4ccccc4)[nH]c4c(C)cccc34)c(=O)n2[C@@H]1c1ccccc1. The summed E-state index contributed by atoms with van der Waals surface area (Å²) in [6, 6.07) is 25.3. The van der Waals surface area contributed by atoms with Crippen LogP contribution in [0, 0.1) is 6.92 Å². The lowest BCUT2D eigenvalue weighted by molar-refractivity contribution is -0.139. The molecule has 2 aromatic heterocycles. The second-order valence-corrected chi connectivity index (χ2v) is 10.5. The van der Waals surface area contributed by atoms with E-state index >= 15 is 0 Å². The molecule has 6 rings (SSSR count). The van der Waals surface area contributed by atoms with Crippen molar-refractivity contribution >= 4 is 34.3 Å². The molecule has 0 unspecified atom stereocenters. The van der Waals surface area contributed by atoms with Gasteiger partial charge in [-0.2, -0.15) is 0 Å². The minimum absolute atomic E-state index is 0.192. The van der Waals surface area contributed by atoms with Gasteiger partial charge in [0.1, 0.15) is 0 Å². The molecule has 0 saturated carbocycles. The number of rotatable bonds is 5. The Kier molecular flexibility index (Phi) is 6.37. The summed E-state index contributed by atoms with van der Waals surface area (Å²) < 4.78 is 7.57. The predicted molar refractivity (Wildman–Crippen MR) is 155 cm³/mol. The molecule has 7 heteroatoms. The van der Waals surface area contributed by atoms with E-state index in [4.69, 9.17) is 9.73 Å². The number of benzene rings is 3. The number of ether oxygens (including phenoxy) is 1. The lowest BCUT2D eigenvalue weighted by atomic mass is 9.96. The number of aromatic nitrogens is 2. The van der Waals surface area contributed by atoms with Gasteiger partial charge in [0.25, 0.3) is 5.56 Å². The summed E-state index contributed by atoms with van der Waals surface area (Å²) in [6.45, 7) is 5.89. The van der Waals surface area contributed by atoms with Crippen LogP contribution < -0.4 is 14.9 Å². The van der Waals surface area contributed by atoms with Gasteiger partial charge >= 0.3 is 5.97 Å². The van der Waals surface area contributed by atoms with Crippen LogP contribution in [-0.2, 0) is 9.53 Å². The van der Waals surface area contributed by atoms with Crippen molar-refractivity contribution in [2.24, 2.45) is 4.99 Å². The highest BCUT2D eigenvalue weighted by atomic mass is 32.1. The van der Waals surface area contributed by atoms with Crippen molar-refractivity contribution in [3.63, 3.8) is 0 Å². The van der Waals surface area contributed by atoms with Gasteiger partial charge in [-0.1, -0.05) is 90.2 Å². The molecule has 0 radical (unpaired) electrons. The number of carbonyl (C=O) groups is 1. The molecule has 1 N–H and O–H groups in total. The van der Waals surface area contributed by atoms with Gasteiger partial charge in [0.15, 0.2) is 4.80 Å². The maximum atomic E-state index is 14.1. The van der Waals surface area contributed by atoms with Crippen molar-refractivity contribution in [1.82, 2.24) is 9.55 Å². The third-order valence-electron chi connectivity index (χ3n) is 7.05. The number of thiazole rings is 1. The molecule has 1 aliphatic heterocycles. The summed E-state index contributed by atoms with van der Waals surface area (Å²) in [5.41, 5.74) is 6.68. The molecule has 0 spiro atoms. The molecule has 0 fully saturated rings. The summed E-state index contributed by atoms with van der Waals surface area (Å²) in [6.07, 6.45) is 1.95. The fourth-order valence-corrected chi connectivity index (χ4v) is 6.27.